The zero-order valence-corrected chi connectivity index (χ0v) is 13.8. The van der Waals surface area contributed by atoms with Crippen LogP contribution < -0.4 is 0 Å². The van der Waals surface area contributed by atoms with Crippen LogP contribution in [0.1, 0.15) is 19.4 Å². The van der Waals surface area contributed by atoms with Gasteiger partial charge in [-0.1, -0.05) is 32.0 Å². The Hall–Kier alpha value is -1.01. The molecule has 0 bridgehead atoms. The fourth-order valence-corrected chi connectivity index (χ4v) is 2.11. The normalized spacial score (nSPS) is 13.0. The van der Waals surface area contributed by atoms with Gasteiger partial charge >= 0.3 is 0 Å². The summed E-state index contributed by atoms with van der Waals surface area (Å²) in [5.41, 5.74) is 0.619. The maximum absolute atomic E-state index is 13.8. The van der Waals surface area contributed by atoms with Gasteiger partial charge in [0.1, 0.15) is 5.82 Å². The summed E-state index contributed by atoms with van der Waals surface area (Å²) in [6, 6.07) is 6.70. The monoisotopic (exact) mass is 313 g/mol. The Labute approximate surface area is 132 Å². The molecule has 22 heavy (non-hydrogen) atoms. The van der Waals surface area contributed by atoms with Gasteiger partial charge < -0.3 is 14.6 Å². The lowest BCUT2D eigenvalue weighted by molar-refractivity contribution is 0.00320. The van der Waals surface area contributed by atoms with Crippen LogP contribution in [0, 0.1) is 11.7 Å². The Balaban J connectivity index is 2.51. The number of nitrogens with zero attached hydrogens (tertiary/aromatic N) is 1. The molecular weight excluding hydrogens is 285 g/mol. The molecule has 0 fully saturated rings. The maximum atomic E-state index is 13.8. The maximum Gasteiger partial charge on any atom is 0.127 e. The van der Waals surface area contributed by atoms with Crippen molar-refractivity contribution in [2.45, 2.75) is 26.5 Å². The van der Waals surface area contributed by atoms with Gasteiger partial charge in [-0.3, -0.25) is 4.90 Å². The predicted molar refractivity (Wildman–Crippen MR) is 85.2 cm³/mol. The topological polar surface area (TPSA) is 41.9 Å². The molecule has 0 amide bonds. The summed E-state index contributed by atoms with van der Waals surface area (Å²) in [6.45, 7) is 7.08. The Morgan fingerprint density at radius 3 is 2.59 bits per heavy atom. The molecule has 1 atom stereocenters. The van der Waals surface area contributed by atoms with Crippen molar-refractivity contribution in [3.63, 3.8) is 0 Å². The van der Waals surface area contributed by atoms with Crippen LogP contribution >= 0.6 is 0 Å². The lowest BCUT2D eigenvalue weighted by atomic mass is 10.2. The molecule has 0 saturated carbocycles. The number of ether oxygens (including phenoxy) is 2. The minimum atomic E-state index is -0.595. The summed E-state index contributed by atoms with van der Waals surface area (Å²) in [4.78, 5) is 1.98. The molecule has 1 aromatic carbocycles. The molecule has 0 aliphatic heterocycles. The van der Waals surface area contributed by atoms with Crippen LogP contribution in [0.2, 0.25) is 0 Å². The Morgan fingerprint density at radius 1 is 1.23 bits per heavy atom. The second-order valence-electron chi connectivity index (χ2n) is 5.90. The van der Waals surface area contributed by atoms with E-state index in [0.29, 0.717) is 50.9 Å². The van der Waals surface area contributed by atoms with E-state index in [2.05, 4.69) is 13.8 Å². The minimum absolute atomic E-state index is 0.226. The lowest BCUT2D eigenvalue weighted by Crippen LogP contribution is -2.37. The van der Waals surface area contributed by atoms with Crippen molar-refractivity contribution < 1.29 is 19.0 Å². The second-order valence-corrected chi connectivity index (χ2v) is 5.90. The first-order valence-electron chi connectivity index (χ1n) is 7.73. The quantitative estimate of drug-likeness (QED) is 0.681. The van der Waals surface area contributed by atoms with Crippen LogP contribution in [-0.4, -0.2) is 56.1 Å². The number of aliphatic hydroxyl groups excluding tert-OH is 1. The van der Waals surface area contributed by atoms with Crippen molar-refractivity contribution >= 4 is 0 Å². The Bertz CT molecular complexity index is 415. The van der Waals surface area contributed by atoms with Crippen LogP contribution in [0.25, 0.3) is 0 Å². The molecule has 126 valence electrons. The molecule has 1 rings (SSSR count). The number of halogens is 1. The zero-order valence-electron chi connectivity index (χ0n) is 13.8. The van der Waals surface area contributed by atoms with E-state index in [1.807, 2.05) is 11.0 Å². The predicted octanol–water partition coefficient (Wildman–Crippen LogP) is 2.31. The first kappa shape index (κ1) is 19.0. The molecule has 0 aliphatic carbocycles. The van der Waals surface area contributed by atoms with Gasteiger partial charge in [0.2, 0.25) is 0 Å². The fraction of sp³-hybridized carbons (Fsp3) is 0.647. The number of rotatable bonds is 11. The van der Waals surface area contributed by atoms with Gasteiger partial charge in [0.05, 0.1) is 19.3 Å². The highest BCUT2D eigenvalue weighted by atomic mass is 19.1. The van der Waals surface area contributed by atoms with E-state index in [0.717, 1.165) is 0 Å². The smallest absolute Gasteiger partial charge is 0.127 e. The van der Waals surface area contributed by atoms with Gasteiger partial charge in [-0.05, 0) is 12.0 Å². The molecule has 0 aromatic heterocycles. The van der Waals surface area contributed by atoms with Crippen LogP contribution in [0.15, 0.2) is 24.3 Å². The zero-order chi connectivity index (χ0) is 16.4. The first-order chi connectivity index (χ1) is 10.5. The van der Waals surface area contributed by atoms with Crippen molar-refractivity contribution in [3.05, 3.63) is 35.6 Å². The molecule has 0 unspecified atom stereocenters. The summed E-state index contributed by atoms with van der Waals surface area (Å²) in [5, 5.41) is 10.1. The highest BCUT2D eigenvalue weighted by Crippen LogP contribution is 2.10. The summed E-state index contributed by atoms with van der Waals surface area (Å²) in [7, 11) is 1.63. The summed E-state index contributed by atoms with van der Waals surface area (Å²) in [6.07, 6.45) is -0.595. The summed E-state index contributed by atoms with van der Waals surface area (Å²) in [5.74, 6) is 0.214. The first-order valence-corrected chi connectivity index (χ1v) is 7.73. The summed E-state index contributed by atoms with van der Waals surface area (Å²) < 4.78 is 24.3. The van der Waals surface area contributed by atoms with Crippen molar-refractivity contribution in [2.24, 2.45) is 5.92 Å². The van der Waals surface area contributed by atoms with Crippen molar-refractivity contribution in [2.75, 3.05) is 40.0 Å². The van der Waals surface area contributed by atoms with E-state index < -0.39 is 6.10 Å². The third-order valence-electron chi connectivity index (χ3n) is 3.19. The molecule has 0 spiro atoms. The molecule has 0 aliphatic rings. The van der Waals surface area contributed by atoms with Crippen LogP contribution in [-0.2, 0) is 16.0 Å². The van der Waals surface area contributed by atoms with Crippen LogP contribution in [0.5, 0.6) is 0 Å². The van der Waals surface area contributed by atoms with Gasteiger partial charge in [-0.2, -0.15) is 0 Å². The lowest BCUT2D eigenvalue weighted by Gasteiger charge is -2.25. The number of hydrogen-bond acceptors (Lipinski definition) is 4. The molecule has 0 radical (unpaired) electrons. The Morgan fingerprint density at radius 2 is 1.95 bits per heavy atom. The molecule has 0 heterocycles. The second kappa shape index (κ2) is 10.7. The largest absolute Gasteiger partial charge is 0.389 e. The van der Waals surface area contributed by atoms with E-state index in [9.17, 15) is 9.50 Å². The molecule has 4 nitrogen and oxygen atoms in total. The third kappa shape index (κ3) is 7.84. The van der Waals surface area contributed by atoms with E-state index >= 15 is 0 Å². The highest BCUT2D eigenvalue weighted by Gasteiger charge is 2.14. The number of benzene rings is 1. The highest BCUT2D eigenvalue weighted by molar-refractivity contribution is 5.17. The number of methoxy groups -OCH3 is 1. The van der Waals surface area contributed by atoms with Gasteiger partial charge in [-0.25, -0.2) is 4.39 Å². The minimum Gasteiger partial charge on any atom is -0.389 e. The number of hydrogen-bond donors (Lipinski definition) is 1. The van der Waals surface area contributed by atoms with E-state index in [1.165, 1.54) is 6.07 Å². The van der Waals surface area contributed by atoms with E-state index in [-0.39, 0.29) is 5.82 Å². The van der Waals surface area contributed by atoms with Crippen LogP contribution in [0.4, 0.5) is 4.39 Å². The number of aliphatic hydroxyl groups is 1. The van der Waals surface area contributed by atoms with Gasteiger partial charge in [0, 0.05) is 38.9 Å². The summed E-state index contributed by atoms with van der Waals surface area (Å²) >= 11 is 0. The average molecular weight is 313 g/mol. The molecule has 5 heteroatoms. The van der Waals surface area contributed by atoms with E-state index in [4.69, 9.17) is 9.47 Å². The SMILES string of the molecule is COCCN(Cc1ccccc1F)C[C@@H](O)COCC(C)C. The molecule has 0 saturated heterocycles. The standard InChI is InChI=1S/C17H28FNO3/c1-14(2)12-22-13-16(20)11-19(8-9-21-3)10-15-6-4-5-7-17(15)18/h4-7,14,16,20H,8-13H2,1-3H3/t16-/m1/s1. The van der Waals surface area contributed by atoms with E-state index in [1.54, 1.807) is 19.2 Å². The van der Waals surface area contributed by atoms with Gasteiger partial charge in [0.25, 0.3) is 0 Å². The molecule has 1 N–H and O–H groups in total. The molecule has 1 aromatic rings. The van der Waals surface area contributed by atoms with Gasteiger partial charge in [-0.15, -0.1) is 0 Å². The van der Waals surface area contributed by atoms with Crippen molar-refractivity contribution in [1.29, 1.82) is 0 Å². The van der Waals surface area contributed by atoms with Gasteiger partial charge in [0.15, 0.2) is 0 Å². The average Bonchev–Trinajstić information content (AvgIpc) is 2.46. The third-order valence-corrected chi connectivity index (χ3v) is 3.19. The van der Waals surface area contributed by atoms with Crippen molar-refractivity contribution in [1.82, 2.24) is 4.90 Å². The van der Waals surface area contributed by atoms with Crippen LogP contribution in [0.3, 0.4) is 0 Å². The fourth-order valence-electron chi connectivity index (χ4n) is 2.11. The Kier molecular flexibility index (Phi) is 9.24. The molecular formula is C17H28FNO3. The van der Waals surface area contributed by atoms with Crippen molar-refractivity contribution in [3.8, 4) is 0 Å².